The summed E-state index contributed by atoms with van der Waals surface area (Å²) in [6.45, 7) is 20.0. The zero-order chi connectivity index (χ0) is 20.9. The molecule has 7 heteroatoms. The van der Waals surface area contributed by atoms with Crippen LogP contribution in [0.2, 0.25) is 43.8 Å². The standard InChI is InChI=1S/C21H39O3Si3.3CH3.Pt/c1-11-16-25(7,8)20-15-14-18(21(20)26(9,10)17-12-2)19(13-3)27(22-4,23-5)24-6;;;;/h11-12,19H,1-2,13-14,16-17H2,3-10H3;3*1H3;/q4*-1;+4. The molecule has 0 spiro atoms. The number of hydrogen-bond donors (Lipinski definition) is 0. The van der Waals surface area contributed by atoms with Crippen molar-refractivity contribution in [1.29, 1.82) is 0 Å². The summed E-state index contributed by atoms with van der Waals surface area (Å²) in [6.07, 6.45) is 9.79. The van der Waals surface area contributed by atoms with Gasteiger partial charge in [0.25, 0.3) is 0 Å². The minimum Gasteiger partial charge on any atom is -0.377 e. The fourth-order valence-electron chi connectivity index (χ4n) is 4.48. The van der Waals surface area contributed by atoms with Crippen LogP contribution in [0.15, 0.2) is 41.3 Å². The number of rotatable bonds is 12. The molecule has 0 bridgehead atoms. The Bertz CT molecular complexity index is 601. The van der Waals surface area contributed by atoms with Gasteiger partial charge in [0, 0.05) is 34.9 Å². The first kappa shape index (κ1) is 38.4. The number of allylic oxidation sites excluding steroid dienone is 6. The van der Waals surface area contributed by atoms with Gasteiger partial charge in [0.15, 0.2) is 0 Å². The Labute approximate surface area is 213 Å². The molecule has 0 fully saturated rings. The van der Waals surface area contributed by atoms with Crippen molar-refractivity contribution in [2.24, 2.45) is 0 Å². The molecule has 0 N–H and O–H groups in total. The molecule has 1 unspecified atom stereocenters. The molecule has 1 aliphatic rings. The summed E-state index contributed by atoms with van der Waals surface area (Å²) in [5.74, 6) is 0. The van der Waals surface area contributed by atoms with Crippen LogP contribution in [0.1, 0.15) is 19.8 Å². The third-order valence-electron chi connectivity index (χ3n) is 5.80. The van der Waals surface area contributed by atoms with Crippen LogP contribution in [-0.2, 0) is 34.3 Å². The molecule has 3 nitrogen and oxygen atoms in total. The largest absolute Gasteiger partial charge is 4.00 e. The van der Waals surface area contributed by atoms with E-state index in [4.69, 9.17) is 13.3 Å². The summed E-state index contributed by atoms with van der Waals surface area (Å²) in [4.78, 5) is 0. The van der Waals surface area contributed by atoms with Gasteiger partial charge in [0.05, 0.1) is 0 Å². The van der Waals surface area contributed by atoms with Crippen molar-refractivity contribution in [3.8, 4) is 0 Å². The second-order valence-corrected chi connectivity index (χ2v) is 21.0. The average molecular weight is 664 g/mol. The van der Waals surface area contributed by atoms with Crippen LogP contribution in [-0.4, -0.2) is 46.3 Å². The fraction of sp³-hybridized carbons (Fsp3) is 0.542. The van der Waals surface area contributed by atoms with Crippen LogP contribution in [0.4, 0.5) is 0 Å². The molecule has 184 valence electrons. The summed E-state index contributed by atoms with van der Waals surface area (Å²) in [7, 11) is -0.974. The quantitative estimate of drug-likeness (QED) is 0.125. The van der Waals surface area contributed by atoms with E-state index in [1.54, 1.807) is 26.5 Å². The van der Waals surface area contributed by atoms with E-state index < -0.39 is 25.0 Å². The summed E-state index contributed by atoms with van der Waals surface area (Å²) < 4.78 is 17.7. The van der Waals surface area contributed by atoms with E-state index in [1.807, 2.05) is 0 Å². The first-order valence-electron chi connectivity index (χ1n) is 9.83. The zero-order valence-corrected chi connectivity index (χ0v) is 27.3. The molecule has 1 aliphatic carbocycles. The van der Waals surface area contributed by atoms with E-state index in [0.717, 1.165) is 24.9 Å². The Kier molecular flexibility index (Phi) is 19.7. The SMILES string of the molecule is C=CC[Si](C)(C)C1=[C-]CC(C(CC)[Si](OC)(OC)OC)=C1[Si](C)(C)CC=C.[CH3-].[CH3-].[CH3-].[Pt+4]. The second kappa shape index (κ2) is 15.9. The Morgan fingerprint density at radius 2 is 1.32 bits per heavy atom. The molecule has 0 aromatic carbocycles. The van der Waals surface area contributed by atoms with Gasteiger partial charge < -0.3 is 35.6 Å². The van der Waals surface area contributed by atoms with Crippen molar-refractivity contribution in [1.82, 2.24) is 0 Å². The molecule has 0 aliphatic heterocycles. The zero-order valence-electron chi connectivity index (χ0n) is 22.0. The van der Waals surface area contributed by atoms with E-state index >= 15 is 0 Å². The Hall–Kier alpha value is 0.179. The second-order valence-electron chi connectivity index (χ2n) is 8.56. The minimum absolute atomic E-state index is 0. The average Bonchev–Trinajstić information content (AvgIpc) is 3.06. The van der Waals surface area contributed by atoms with Gasteiger partial charge in [-0.15, -0.1) is 19.6 Å². The summed E-state index contributed by atoms with van der Waals surface area (Å²) in [6, 6.07) is 2.14. The topological polar surface area (TPSA) is 27.7 Å². The van der Waals surface area contributed by atoms with Gasteiger partial charge in [-0.25, -0.2) is 10.4 Å². The number of hydrogen-bond acceptors (Lipinski definition) is 3. The van der Waals surface area contributed by atoms with E-state index in [9.17, 15) is 0 Å². The van der Waals surface area contributed by atoms with Crippen LogP contribution in [0, 0.1) is 28.4 Å². The summed E-state index contributed by atoms with van der Waals surface area (Å²) in [5, 5.41) is 3.08. The van der Waals surface area contributed by atoms with Gasteiger partial charge in [-0.05, 0) is 20.5 Å². The third kappa shape index (κ3) is 8.16. The van der Waals surface area contributed by atoms with E-state index in [-0.39, 0.29) is 48.9 Å². The van der Waals surface area contributed by atoms with Crippen molar-refractivity contribution >= 4 is 25.0 Å². The van der Waals surface area contributed by atoms with Crippen molar-refractivity contribution in [3.05, 3.63) is 69.6 Å². The molecule has 1 atom stereocenters. The molecule has 31 heavy (non-hydrogen) atoms. The van der Waals surface area contributed by atoms with Crippen LogP contribution < -0.4 is 0 Å². The van der Waals surface area contributed by atoms with Crippen LogP contribution in [0.3, 0.4) is 0 Å². The van der Waals surface area contributed by atoms with Gasteiger partial charge >= 0.3 is 29.9 Å². The van der Waals surface area contributed by atoms with E-state index in [2.05, 4.69) is 64.5 Å². The maximum Gasteiger partial charge on any atom is 4.00 e. The third-order valence-corrected chi connectivity index (χ3v) is 15.7. The molecule has 0 saturated carbocycles. The molecule has 0 heterocycles. The van der Waals surface area contributed by atoms with Crippen LogP contribution in [0.25, 0.3) is 0 Å². The minimum atomic E-state index is -2.78. The smallest absolute Gasteiger partial charge is 0.377 e. The van der Waals surface area contributed by atoms with Crippen LogP contribution >= 0.6 is 0 Å². The van der Waals surface area contributed by atoms with Gasteiger partial charge in [0.2, 0.25) is 0 Å². The Balaban J connectivity index is -0.000000911. The maximum atomic E-state index is 5.90. The van der Waals surface area contributed by atoms with Crippen molar-refractivity contribution in [2.45, 2.75) is 63.6 Å². The van der Waals surface area contributed by atoms with Gasteiger partial charge in [-0.1, -0.05) is 51.3 Å². The van der Waals surface area contributed by atoms with Crippen molar-refractivity contribution in [3.63, 3.8) is 0 Å². The first-order valence-corrected chi connectivity index (χ1v) is 18.0. The van der Waals surface area contributed by atoms with Crippen molar-refractivity contribution in [2.75, 3.05) is 21.3 Å². The molecular formula is C24H48O3PtSi3. The molecule has 0 aromatic heterocycles. The maximum absolute atomic E-state index is 5.90. The van der Waals surface area contributed by atoms with E-state index in [1.165, 1.54) is 10.8 Å². The van der Waals surface area contributed by atoms with Gasteiger partial charge in [0.1, 0.15) is 0 Å². The van der Waals surface area contributed by atoms with Crippen LogP contribution in [0.5, 0.6) is 0 Å². The molecule has 1 rings (SSSR count). The molecule has 0 amide bonds. The summed E-state index contributed by atoms with van der Waals surface area (Å²) >= 11 is 0. The predicted octanol–water partition coefficient (Wildman–Crippen LogP) is 7.29. The fourth-order valence-corrected chi connectivity index (χ4v) is 14.3. The monoisotopic (exact) mass is 663 g/mol. The Morgan fingerprint density at radius 3 is 1.68 bits per heavy atom. The van der Waals surface area contributed by atoms with Gasteiger partial charge in [-0.3, -0.25) is 6.08 Å². The van der Waals surface area contributed by atoms with Gasteiger partial charge in [-0.2, -0.15) is 5.57 Å². The van der Waals surface area contributed by atoms with E-state index in [0.29, 0.717) is 0 Å². The normalized spacial score (nSPS) is 14.9. The van der Waals surface area contributed by atoms with Crippen molar-refractivity contribution < 1.29 is 34.3 Å². The molecule has 0 aromatic rings. The predicted molar refractivity (Wildman–Crippen MR) is 143 cm³/mol. The first-order chi connectivity index (χ1) is 12.6. The Morgan fingerprint density at radius 1 is 0.903 bits per heavy atom. The molecule has 0 radical (unpaired) electrons. The summed E-state index contributed by atoms with van der Waals surface area (Å²) in [5.41, 5.74) is 1.62. The molecule has 0 saturated heterocycles. The molecular weight excluding hydrogens is 616 g/mol.